The van der Waals surface area contributed by atoms with Gasteiger partial charge >= 0.3 is 6.03 Å². The lowest BCUT2D eigenvalue weighted by Crippen LogP contribution is -2.36. The zero-order valence-electron chi connectivity index (χ0n) is 12.4. The van der Waals surface area contributed by atoms with Gasteiger partial charge in [-0.25, -0.2) is 9.78 Å². The molecule has 8 heteroatoms. The minimum atomic E-state index is -0.0431. The molecule has 0 unspecified atom stereocenters. The molecule has 0 aromatic carbocycles. The molecule has 0 bridgehead atoms. The summed E-state index contributed by atoms with van der Waals surface area (Å²) >= 11 is 3.37. The number of hydrogen-bond donors (Lipinski definition) is 3. The Morgan fingerprint density at radius 1 is 1.45 bits per heavy atom. The van der Waals surface area contributed by atoms with Gasteiger partial charge in [-0.1, -0.05) is 6.42 Å². The van der Waals surface area contributed by atoms with E-state index in [2.05, 4.69) is 20.9 Å². The van der Waals surface area contributed by atoms with Crippen LogP contribution in [0.4, 0.5) is 9.93 Å². The molecular weight excluding hydrogens is 320 g/mol. The number of carbonyl (C=O) groups excluding carboxylic acids is 2. The van der Waals surface area contributed by atoms with Crippen LogP contribution in [-0.2, 0) is 4.79 Å². The number of urea groups is 1. The Morgan fingerprint density at radius 2 is 2.32 bits per heavy atom. The second-order valence-corrected chi connectivity index (χ2v) is 7.84. The van der Waals surface area contributed by atoms with E-state index in [4.69, 9.17) is 0 Å². The van der Waals surface area contributed by atoms with Crippen molar-refractivity contribution in [1.82, 2.24) is 15.6 Å². The van der Waals surface area contributed by atoms with E-state index < -0.39 is 0 Å². The van der Waals surface area contributed by atoms with Gasteiger partial charge in [0.15, 0.2) is 5.13 Å². The monoisotopic (exact) mass is 340 g/mol. The minimum Gasteiger partial charge on any atom is -0.332 e. The molecule has 2 fully saturated rings. The Balaban J connectivity index is 1.34. The molecule has 3 rings (SSSR count). The highest BCUT2D eigenvalue weighted by Crippen LogP contribution is 2.33. The molecule has 120 valence electrons. The van der Waals surface area contributed by atoms with Crippen molar-refractivity contribution in [2.45, 2.75) is 49.9 Å². The van der Waals surface area contributed by atoms with E-state index in [0.717, 1.165) is 30.7 Å². The lowest BCUT2D eigenvalue weighted by Gasteiger charge is -2.16. The number of thioether (sulfide) groups is 1. The van der Waals surface area contributed by atoms with Gasteiger partial charge in [0.05, 0.1) is 17.8 Å². The van der Waals surface area contributed by atoms with Gasteiger partial charge in [0.2, 0.25) is 5.91 Å². The molecule has 3 atom stereocenters. The maximum atomic E-state index is 11.8. The van der Waals surface area contributed by atoms with Crippen LogP contribution in [0.3, 0.4) is 0 Å². The first-order chi connectivity index (χ1) is 10.6. The van der Waals surface area contributed by atoms with E-state index in [-0.39, 0.29) is 24.0 Å². The molecule has 6 nitrogen and oxygen atoms in total. The number of unbranched alkanes of at least 4 members (excludes halogenated alkanes) is 1. The number of aromatic nitrogens is 1. The third-order valence-corrected chi connectivity index (χ3v) is 6.33. The SMILES string of the molecule is Cc1csc(NC(=O)CCCC[C@@H]2SC[C@@H]3NC(=O)N[C@@H]32)n1. The van der Waals surface area contributed by atoms with Crippen molar-refractivity contribution in [3.63, 3.8) is 0 Å². The zero-order chi connectivity index (χ0) is 15.5. The first-order valence-electron chi connectivity index (χ1n) is 7.52. The average molecular weight is 340 g/mol. The summed E-state index contributed by atoms with van der Waals surface area (Å²) in [6.07, 6.45) is 3.43. The first-order valence-corrected chi connectivity index (χ1v) is 9.45. The van der Waals surface area contributed by atoms with Crippen molar-refractivity contribution in [3.05, 3.63) is 11.1 Å². The van der Waals surface area contributed by atoms with E-state index >= 15 is 0 Å². The lowest BCUT2D eigenvalue weighted by molar-refractivity contribution is -0.116. The molecule has 3 N–H and O–H groups in total. The number of thiazole rings is 1. The molecule has 3 amide bonds. The second-order valence-electron chi connectivity index (χ2n) is 5.71. The number of carbonyl (C=O) groups is 2. The largest absolute Gasteiger partial charge is 0.332 e. The lowest BCUT2D eigenvalue weighted by atomic mass is 10.0. The van der Waals surface area contributed by atoms with Gasteiger partial charge in [-0.05, 0) is 19.8 Å². The van der Waals surface area contributed by atoms with E-state index in [0.29, 0.717) is 16.8 Å². The molecule has 0 spiro atoms. The molecular formula is C14H20N4O2S2. The van der Waals surface area contributed by atoms with E-state index in [1.807, 2.05) is 24.1 Å². The number of amides is 3. The number of fused-ring (bicyclic) bond motifs is 1. The zero-order valence-corrected chi connectivity index (χ0v) is 14.1. The van der Waals surface area contributed by atoms with Crippen molar-refractivity contribution in [2.24, 2.45) is 0 Å². The summed E-state index contributed by atoms with van der Waals surface area (Å²) in [7, 11) is 0. The number of nitrogens with one attached hydrogen (secondary N) is 3. The van der Waals surface area contributed by atoms with Crippen LogP contribution < -0.4 is 16.0 Å². The number of nitrogens with zero attached hydrogens (tertiary/aromatic N) is 1. The third kappa shape index (κ3) is 3.73. The van der Waals surface area contributed by atoms with Crippen molar-refractivity contribution >= 4 is 40.2 Å². The van der Waals surface area contributed by atoms with Crippen molar-refractivity contribution in [2.75, 3.05) is 11.1 Å². The molecule has 1 aromatic heterocycles. The number of aryl methyl sites for hydroxylation is 1. The van der Waals surface area contributed by atoms with Gasteiger partial charge in [0, 0.05) is 22.8 Å². The molecule has 0 aliphatic carbocycles. The highest BCUT2D eigenvalue weighted by molar-refractivity contribution is 8.00. The molecule has 0 radical (unpaired) electrons. The highest BCUT2D eigenvalue weighted by atomic mass is 32.2. The van der Waals surface area contributed by atoms with Crippen LogP contribution in [0.2, 0.25) is 0 Å². The molecule has 22 heavy (non-hydrogen) atoms. The molecule has 1 aromatic rings. The first kappa shape index (κ1) is 15.6. The molecule has 2 saturated heterocycles. The smallest absolute Gasteiger partial charge is 0.315 e. The van der Waals surface area contributed by atoms with Gasteiger partial charge in [-0.2, -0.15) is 11.8 Å². The summed E-state index contributed by atoms with van der Waals surface area (Å²) in [5.41, 5.74) is 0.931. The van der Waals surface area contributed by atoms with Gasteiger partial charge < -0.3 is 16.0 Å². The van der Waals surface area contributed by atoms with Crippen LogP contribution in [0.5, 0.6) is 0 Å². The number of rotatable bonds is 6. The van der Waals surface area contributed by atoms with Crippen molar-refractivity contribution in [3.8, 4) is 0 Å². The predicted octanol–water partition coefficient (Wildman–Crippen LogP) is 2.12. The minimum absolute atomic E-state index is 0.0298. The summed E-state index contributed by atoms with van der Waals surface area (Å²) in [5, 5.41) is 11.8. The maximum Gasteiger partial charge on any atom is 0.315 e. The van der Waals surface area contributed by atoms with Gasteiger partial charge in [-0.3, -0.25) is 4.79 Å². The predicted molar refractivity (Wildman–Crippen MR) is 89.4 cm³/mol. The fourth-order valence-electron chi connectivity index (χ4n) is 2.87. The molecule has 2 aliphatic rings. The number of anilines is 1. The van der Waals surface area contributed by atoms with Crippen molar-refractivity contribution < 1.29 is 9.59 Å². The van der Waals surface area contributed by atoms with Crippen molar-refractivity contribution in [1.29, 1.82) is 0 Å². The van der Waals surface area contributed by atoms with E-state index in [1.165, 1.54) is 11.3 Å². The Kier molecular flexibility index (Phi) is 4.87. The van der Waals surface area contributed by atoms with E-state index in [9.17, 15) is 9.59 Å². The summed E-state index contributed by atoms with van der Waals surface area (Å²) in [5.74, 6) is 1.01. The highest BCUT2D eigenvalue weighted by Gasteiger charge is 2.42. The fourth-order valence-corrected chi connectivity index (χ4v) is 5.12. The van der Waals surface area contributed by atoms with Crippen LogP contribution in [0, 0.1) is 6.92 Å². The van der Waals surface area contributed by atoms with Crippen LogP contribution in [0.15, 0.2) is 5.38 Å². The summed E-state index contributed by atoms with van der Waals surface area (Å²) in [6.45, 7) is 1.91. The number of hydrogen-bond acceptors (Lipinski definition) is 5. The molecule has 2 aliphatic heterocycles. The third-order valence-electron chi connectivity index (χ3n) is 3.95. The van der Waals surface area contributed by atoms with Gasteiger partial charge in [-0.15, -0.1) is 11.3 Å². The second kappa shape index (κ2) is 6.87. The quantitative estimate of drug-likeness (QED) is 0.547. The van der Waals surface area contributed by atoms with Crippen LogP contribution >= 0.6 is 23.1 Å². The van der Waals surface area contributed by atoms with Gasteiger partial charge in [0.25, 0.3) is 0 Å². The topological polar surface area (TPSA) is 83.1 Å². The Hall–Kier alpha value is -1.28. The van der Waals surface area contributed by atoms with E-state index in [1.54, 1.807) is 0 Å². The summed E-state index contributed by atoms with van der Waals surface area (Å²) in [4.78, 5) is 27.4. The standard InChI is InChI=1S/C14H20N4O2S2/c1-8-6-22-14(15-8)17-11(19)5-3-2-4-10-12-9(7-21-10)16-13(20)18-12/h6,9-10,12H,2-5,7H2,1H3,(H,15,17,19)(H2,16,18,20)/t9-,10-,12-/m0/s1. The van der Waals surface area contributed by atoms with Crippen LogP contribution in [-0.4, -0.2) is 40.0 Å². The Bertz CT molecular complexity index is 563. The molecule has 0 saturated carbocycles. The van der Waals surface area contributed by atoms with Crippen LogP contribution in [0.1, 0.15) is 31.4 Å². The summed E-state index contributed by atoms with van der Waals surface area (Å²) < 4.78 is 0. The summed E-state index contributed by atoms with van der Waals surface area (Å²) in [6, 6.07) is 0.488. The fraction of sp³-hybridized carbons (Fsp3) is 0.643. The molecule has 3 heterocycles. The van der Waals surface area contributed by atoms with Gasteiger partial charge in [0.1, 0.15) is 0 Å². The van der Waals surface area contributed by atoms with Crippen LogP contribution in [0.25, 0.3) is 0 Å². The normalized spacial score (nSPS) is 26.4. The average Bonchev–Trinajstić information content (AvgIpc) is 3.12. The Morgan fingerprint density at radius 3 is 3.09 bits per heavy atom. The maximum absolute atomic E-state index is 11.8. The Labute approximate surface area is 137 Å².